The van der Waals surface area contributed by atoms with Gasteiger partial charge in [0.1, 0.15) is 0 Å². The lowest BCUT2D eigenvalue weighted by atomic mass is 10.2. The van der Waals surface area contributed by atoms with Crippen LogP contribution in [0.1, 0.15) is 12.0 Å². The summed E-state index contributed by atoms with van der Waals surface area (Å²) in [5, 5.41) is 18.6. The van der Waals surface area contributed by atoms with Crippen molar-refractivity contribution in [1.82, 2.24) is 19.7 Å². The van der Waals surface area contributed by atoms with Gasteiger partial charge in [0.2, 0.25) is 5.91 Å². The maximum Gasteiger partial charge on any atom is 0.233 e. The zero-order valence-electron chi connectivity index (χ0n) is 19.8. The minimum Gasteiger partial charge on any atom is -0.370 e. The first-order valence-corrected chi connectivity index (χ1v) is 12.9. The summed E-state index contributed by atoms with van der Waals surface area (Å²) in [6.07, 6.45) is 0.898. The van der Waals surface area contributed by atoms with E-state index in [1.54, 1.807) is 0 Å². The molecule has 7 nitrogen and oxygen atoms in total. The SMILES string of the molecule is N#Cc1ccc(N2CCCN(C(=O)CSc3nnc(-c4ccccc4)n3-c3ccccc3)CC2)cc1. The van der Waals surface area contributed by atoms with Gasteiger partial charge in [-0.05, 0) is 42.8 Å². The molecule has 4 aromatic rings. The molecule has 5 rings (SSSR count). The molecule has 0 saturated carbocycles. The maximum atomic E-state index is 13.2. The Balaban J connectivity index is 1.27. The van der Waals surface area contributed by atoms with Gasteiger partial charge < -0.3 is 9.80 Å². The minimum absolute atomic E-state index is 0.102. The number of nitrogens with zero attached hydrogens (tertiary/aromatic N) is 6. The predicted octanol–water partition coefficient (Wildman–Crippen LogP) is 4.64. The summed E-state index contributed by atoms with van der Waals surface area (Å²) in [5.74, 6) is 1.16. The van der Waals surface area contributed by atoms with E-state index in [4.69, 9.17) is 5.26 Å². The van der Waals surface area contributed by atoms with Crippen molar-refractivity contribution in [2.75, 3.05) is 36.8 Å². The number of nitriles is 1. The number of thioether (sulfide) groups is 1. The number of anilines is 1. The highest BCUT2D eigenvalue weighted by atomic mass is 32.2. The molecule has 1 aromatic heterocycles. The molecule has 0 spiro atoms. The van der Waals surface area contributed by atoms with Crippen molar-refractivity contribution < 1.29 is 4.79 Å². The van der Waals surface area contributed by atoms with Crippen molar-refractivity contribution in [3.63, 3.8) is 0 Å². The Hall–Kier alpha value is -4.09. The van der Waals surface area contributed by atoms with Gasteiger partial charge in [0.05, 0.1) is 17.4 Å². The van der Waals surface area contributed by atoms with Gasteiger partial charge in [0.15, 0.2) is 11.0 Å². The van der Waals surface area contributed by atoms with E-state index in [1.165, 1.54) is 11.8 Å². The average molecular weight is 495 g/mol. The first kappa shape index (κ1) is 23.6. The quantitative estimate of drug-likeness (QED) is 0.364. The molecule has 1 aliphatic rings. The van der Waals surface area contributed by atoms with Gasteiger partial charge in [-0.3, -0.25) is 9.36 Å². The van der Waals surface area contributed by atoms with Crippen LogP contribution in [0.4, 0.5) is 5.69 Å². The third kappa shape index (κ3) is 5.26. The average Bonchev–Trinajstić information content (AvgIpc) is 3.21. The van der Waals surface area contributed by atoms with E-state index >= 15 is 0 Å². The topological polar surface area (TPSA) is 78.1 Å². The van der Waals surface area contributed by atoms with Crippen LogP contribution in [0.2, 0.25) is 0 Å². The second kappa shape index (κ2) is 11.1. The first-order chi connectivity index (χ1) is 17.7. The number of para-hydroxylation sites is 1. The number of aromatic nitrogens is 3. The summed E-state index contributed by atoms with van der Waals surface area (Å²) in [7, 11) is 0. The second-order valence-corrected chi connectivity index (χ2v) is 9.45. The van der Waals surface area contributed by atoms with Crippen LogP contribution in [0.25, 0.3) is 17.1 Å². The van der Waals surface area contributed by atoms with Crippen molar-refractivity contribution in [2.24, 2.45) is 0 Å². The smallest absolute Gasteiger partial charge is 0.233 e. The van der Waals surface area contributed by atoms with E-state index in [9.17, 15) is 4.79 Å². The van der Waals surface area contributed by atoms with Crippen LogP contribution < -0.4 is 4.90 Å². The number of benzene rings is 3. The molecule has 0 atom stereocenters. The van der Waals surface area contributed by atoms with Crippen molar-refractivity contribution in [1.29, 1.82) is 5.26 Å². The molecule has 0 bridgehead atoms. The Kier molecular flexibility index (Phi) is 7.29. The highest BCUT2D eigenvalue weighted by Crippen LogP contribution is 2.28. The van der Waals surface area contributed by atoms with Crippen LogP contribution in [0.5, 0.6) is 0 Å². The lowest BCUT2D eigenvalue weighted by molar-refractivity contribution is -0.128. The van der Waals surface area contributed by atoms with Crippen LogP contribution in [-0.4, -0.2) is 57.5 Å². The third-order valence-corrected chi connectivity index (χ3v) is 7.13. The lowest BCUT2D eigenvalue weighted by Gasteiger charge is -2.23. The zero-order valence-corrected chi connectivity index (χ0v) is 20.6. The Labute approximate surface area is 215 Å². The van der Waals surface area contributed by atoms with Gasteiger partial charge in [-0.25, -0.2) is 0 Å². The number of hydrogen-bond donors (Lipinski definition) is 0. The highest BCUT2D eigenvalue weighted by molar-refractivity contribution is 7.99. The minimum atomic E-state index is 0.102. The highest BCUT2D eigenvalue weighted by Gasteiger charge is 2.22. The molecule has 3 aromatic carbocycles. The molecule has 1 saturated heterocycles. The van der Waals surface area contributed by atoms with Crippen molar-refractivity contribution in [2.45, 2.75) is 11.6 Å². The summed E-state index contributed by atoms with van der Waals surface area (Å²) in [4.78, 5) is 17.4. The van der Waals surface area contributed by atoms with Crippen LogP contribution in [-0.2, 0) is 4.79 Å². The molecule has 1 fully saturated rings. The van der Waals surface area contributed by atoms with E-state index in [0.29, 0.717) is 23.0 Å². The molecule has 0 radical (unpaired) electrons. The van der Waals surface area contributed by atoms with E-state index in [2.05, 4.69) is 21.2 Å². The fourth-order valence-corrected chi connectivity index (χ4v) is 5.19. The van der Waals surface area contributed by atoms with E-state index in [-0.39, 0.29) is 5.91 Å². The fourth-order valence-electron chi connectivity index (χ4n) is 4.34. The molecular formula is C28H26N6OS. The molecule has 0 N–H and O–H groups in total. The van der Waals surface area contributed by atoms with Gasteiger partial charge in [-0.15, -0.1) is 10.2 Å². The summed E-state index contributed by atoms with van der Waals surface area (Å²) >= 11 is 1.42. The van der Waals surface area contributed by atoms with E-state index in [0.717, 1.165) is 48.8 Å². The Morgan fingerprint density at radius 2 is 1.56 bits per heavy atom. The predicted molar refractivity (Wildman–Crippen MR) is 142 cm³/mol. The first-order valence-electron chi connectivity index (χ1n) is 11.9. The van der Waals surface area contributed by atoms with Crippen molar-refractivity contribution in [3.8, 4) is 23.1 Å². The molecule has 2 heterocycles. The second-order valence-electron chi connectivity index (χ2n) is 8.51. The van der Waals surface area contributed by atoms with Crippen molar-refractivity contribution >= 4 is 23.4 Å². The Morgan fingerprint density at radius 3 is 2.28 bits per heavy atom. The van der Waals surface area contributed by atoms with E-state index in [1.807, 2.05) is 94.4 Å². The summed E-state index contributed by atoms with van der Waals surface area (Å²) in [6.45, 7) is 3.04. The van der Waals surface area contributed by atoms with Gasteiger partial charge in [-0.1, -0.05) is 60.3 Å². The van der Waals surface area contributed by atoms with Crippen LogP contribution in [0.3, 0.4) is 0 Å². The summed E-state index contributed by atoms with van der Waals surface area (Å²) < 4.78 is 2.02. The van der Waals surface area contributed by atoms with Crippen LogP contribution in [0, 0.1) is 11.3 Å². The molecule has 1 aliphatic heterocycles. The molecule has 1 amide bonds. The van der Waals surface area contributed by atoms with Gasteiger partial charge in [0.25, 0.3) is 0 Å². The molecule has 36 heavy (non-hydrogen) atoms. The monoisotopic (exact) mass is 494 g/mol. The zero-order chi connectivity index (χ0) is 24.7. The number of carbonyl (C=O) groups is 1. The van der Waals surface area contributed by atoms with Gasteiger partial charge >= 0.3 is 0 Å². The molecular weight excluding hydrogens is 468 g/mol. The fraction of sp³-hybridized carbons (Fsp3) is 0.214. The third-order valence-electron chi connectivity index (χ3n) is 6.21. The molecule has 8 heteroatoms. The number of hydrogen-bond acceptors (Lipinski definition) is 6. The summed E-state index contributed by atoms with van der Waals surface area (Å²) in [5.41, 5.74) is 3.68. The summed E-state index contributed by atoms with van der Waals surface area (Å²) in [6, 6.07) is 29.8. The largest absolute Gasteiger partial charge is 0.370 e. The van der Waals surface area contributed by atoms with Crippen molar-refractivity contribution in [3.05, 3.63) is 90.5 Å². The van der Waals surface area contributed by atoms with Crippen LogP contribution >= 0.6 is 11.8 Å². The Morgan fingerprint density at radius 1 is 0.833 bits per heavy atom. The normalized spacial score (nSPS) is 13.8. The van der Waals surface area contributed by atoms with Gasteiger partial charge in [0, 0.05) is 43.1 Å². The lowest BCUT2D eigenvalue weighted by Crippen LogP contribution is -2.36. The number of rotatable bonds is 6. The number of carbonyl (C=O) groups excluding carboxylic acids is 1. The van der Waals surface area contributed by atoms with E-state index < -0.39 is 0 Å². The maximum absolute atomic E-state index is 13.2. The Bertz CT molecular complexity index is 1350. The molecule has 180 valence electrons. The molecule has 0 aliphatic carbocycles. The van der Waals surface area contributed by atoms with Gasteiger partial charge in [-0.2, -0.15) is 5.26 Å². The standard InChI is InChI=1S/C28H26N6OS/c29-20-22-12-14-24(15-13-22)32-16-7-17-33(19-18-32)26(35)21-36-28-31-30-27(23-8-3-1-4-9-23)34(28)25-10-5-2-6-11-25/h1-6,8-15H,7,16-19,21H2. The molecule has 0 unspecified atom stereocenters. The van der Waals surface area contributed by atoms with Crippen LogP contribution in [0.15, 0.2) is 90.1 Å². The number of amides is 1.